The van der Waals surface area contributed by atoms with Crippen LogP contribution in [0.25, 0.3) is 0 Å². The minimum atomic E-state index is -0.554. The van der Waals surface area contributed by atoms with E-state index in [1.807, 2.05) is 30.9 Å². The zero-order chi connectivity index (χ0) is 21.1. The van der Waals surface area contributed by atoms with Gasteiger partial charge < -0.3 is 19.6 Å². The average Bonchev–Trinajstić information content (AvgIpc) is 3.05. The van der Waals surface area contributed by atoms with Crippen LogP contribution in [0.15, 0.2) is 24.3 Å². The van der Waals surface area contributed by atoms with Gasteiger partial charge in [-0.05, 0) is 37.1 Å². The van der Waals surface area contributed by atoms with Crippen molar-refractivity contribution in [2.24, 2.45) is 5.92 Å². The molecule has 1 N–H and O–H groups in total. The van der Waals surface area contributed by atoms with Crippen LogP contribution in [0.1, 0.15) is 28.9 Å². The molecule has 156 valence electrons. The SMILES string of the molecule is COc1ccc(Cc2c(C)nc(N3C[C@@H](CC(=O)N(C)C)[C@H](O)C3)nc2C)cc1. The van der Waals surface area contributed by atoms with E-state index in [1.165, 1.54) is 5.56 Å². The Labute approximate surface area is 172 Å². The number of aliphatic hydroxyl groups is 1. The standard InChI is InChI=1S/C22H30N4O3/c1-14-19(10-16-6-8-18(29-5)9-7-16)15(2)24-22(23-14)26-12-17(20(27)13-26)11-21(28)25(3)4/h6-9,17,20,27H,10-13H2,1-5H3/t17-,20-/m1/s1. The van der Waals surface area contributed by atoms with Crippen LogP contribution >= 0.6 is 0 Å². The second kappa shape index (κ2) is 8.78. The quantitative estimate of drug-likeness (QED) is 0.802. The molecule has 1 aromatic carbocycles. The molecule has 7 heteroatoms. The normalized spacial score (nSPS) is 18.8. The number of β-amino-alcohol motifs (C(OH)–C–C–N with tert-alkyl or cyclic N) is 1. The van der Waals surface area contributed by atoms with Crippen LogP contribution in [-0.4, -0.2) is 66.3 Å². The van der Waals surface area contributed by atoms with E-state index < -0.39 is 6.10 Å². The van der Waals surface area contributed by atoms with Crippen molar-refractivity contribution in [2.45, 2.75) is 32.8 Å². The van der Waals surface area contributed by atoms with Crippen molar-refractivity contribution in [2.75, 3.05) is 39.2 Å². The lowest BCUT2D eigenvalue weighted by molar-refractivity contribution is -0.130. The molecule has 2 heterocycles. The highest BCUT2D eigenvalue weighted by atomic mass is 16.5. The Morgan fingerprint density at radius 1 is 1.17 bits per heavy atom. The van der Waals surface area contributed by atoms with E-state index in [0.717, 1.165) is 29.1 Å². The lowest BCUT2D eigenvalue weighted by Crippen LogP contribution is -2.28. The van der Waals surface area contributed by atoms with Crippen LogP contribution in [-0.2, 0) is 11.2 Å². The Morgan fingerprint density at radius 2 is 1.79 bits per heavy atom. The first-order chi connectivity index (χ1) is 13.8. The number of hydrogen-bond donors (Lipinski definition) is 1. The molecule has 1 amide bonds. The molecule has 0 unspecified atom stereocenters. The van der Waals surface area contributed by atoms with Crippen LogP contribution in [0.2, 0.25) is 0 Å². The first-order valence-electron chi connectivity index (χ1n) is 9.88. The monoisotopic (exact) mass is 398 g/mol. The Balaban J connectivity index is 1.74. The van der Waals surface area contributed by atoms with Gasteiger partial charge in [0.1, 0.15) is 5.75 Å². The Hall–Kier alpha value is -2.67. The second-order valence-corrected chi connectivity index (χ2v) is 7.92. The Morgan fingerprint density at radius 3 is 2.34 bits per heavy atom. The van der Waals surface area contributed by atoms with Crippen LogP contribution in [0.4, 0.5) is 5.95 Å². The summed E-state index contributed by atoms with van der Waals surface area (Å²) in [6.07, 6.45) is 0.532. The molecule has 1 aliphatic heterocycles. The number of nitrogens with zero attached hydrogens (tertiary/aromatic N) is 4. The van der Waals surface area contributed by atoms with Crippen molar-refractivity contribution < 1.29 is 14.6 Å². The number of hydrogen-bond acceptors (Lipinski definition) is 6. The molecule has 7 nitrogen and oxygen atoms in total. The van der Waals surface area contributed by atoms with E-state index in [9.17, 15) is 9.90 Å². The number of benzene rings is 1. The van der Waals surface area contributed by atoms with E-state index in [-0.39, 0.29) is 11.8 Å². The molecule has 0 saturated carbocycles. The first kappa shape index (κ1) is 21.0. The van der Waals surface area contributed by atoms with Gasteiger partial charge in [0, 0.05) is 57.3 Å². The minimum Gasteiger partial charge on any atom is -0.497 e. The molecule has 0 spiro atoms. The molecule has 0 radical (unpaired) electrons. The number of aromatic nitrogens is 2. The van der Waals surface area contributed by atoms with Gasteiger partial charge in [0.15, 0.2) is 0 Å². The van der Waals surface area contributed by atoms with Gasteiger partial charge in [-0.3, -0.25) is 4.79 Å². The maximum absolute atomic E-state index is 12.0. The third-order valence-electron chi connectivity index (χ3n) is 5.57. The van der Waals surface area contributed by atoms with E-state index in [0.29, 0.717) is 25.5 Å². The van der Waals surface area contributed by atoms with Crippen LogP contribution < -0.4 is 9.64 Å². The highest BCUT2D eigenvalue weighted by molar-refractivity contribution is 5.76. The van der Waals surface area contributed by atoms with Gasteiger partial charge in [-0.1, -0.05) is 12.1 Å². The molecule has 0 aliphatic carbocycles. The second-order valence-electron chi connectivity index (χ2n) is 7.92. The number of aliphatic hydroxyl groups excluding tert-OH is 1. The summed E-state index contributed by atoms with van der Waals surface area (Å²) in [6.45, 7) is 5.02. The highest BCUT2D eigenvalue weighted by Crippen LogP contribution is 2.26. The predicted molar refractivity (Wildman–Crippen MR) is 112 cm³/mol. The number of aryl methyl sites for hydroxylation is 2. The Bertz CT molecular complexity index is 844. The summed E-state index contributed by atoms with van der Waals surface area (Å²) in [6, 6.07) is 8.01. The first-order valence-corrected chi connectivity index (χ1v) is 9.88. The van der Waals surface area contributed by atoms with Crippen molar-refractivity contribution in [1.82, 2.24) is 14.9 Å². The number of anilines is 1. The topological polar surface area (TPSA) is 78.8 Å². The van der Waals surface area contributed by atoms with Crippen molar-refractivity contribution in [3.63, 3.8) is 0 Å². The van der Waals surface area contributed by atoms with Crippen LogP contribution in [0.5, 0.6) is 5.75 Å². The molecule has 29 heavy (non-hydrogen) atoms. The predicted octanol–water partition coefficient (Wildman–Crippen LogP) is 1.97. The molecule has 0 bridgehead atoms. The lowest BCUT2D eigenvalue weighted by Gasteiger charge is -2.19. The summed E-state index contributed by atoms with van der Waals surface area (Å²) in [5.41, 5.74) is 4.15. The van der Waals surface area contributed by atoms with Gasteiger partial charge in [0.2, 0.25) is 11.9 Å². The summed E-state index contributed by atoms with van der Waals surface area (Å²) in [5, 5.41) is 10.4. The molecule has 1 saturated heterocycles. The molecular formula is C22H30N4O3. The third kappa shape index (κ3) is 4.85. The fourth-order valence-electron chi connectivity index (χ4n) is 3.69. The van der Waals surface area contributed by atoms with E-state index in [1.54, 1.807) is 26.1 Å². The maximum Gasteiger partial charge on any atom is 0.225 e. The third-order valence-corrected chi connectivity index (χ3v) is 5.57. The van der Waals surface area contributed by atoms with E-state index in [4.69, 9.17) is 14.7 Å². The number of amides is 1. The fourth-order valence-corrected chi connectivity index (χ4v) is 3.69. The number of ether oxygens (including phenoxy) is 1. The number of carbonyl (C=O) groups excluding carboxylic acids is 1. The number of rotatable bonds is 6. The van der Waals surface area contributed by atoms with Crippen molar-refractivity contribution in [1.29, 1.82) is 0 Å². The summed E-state index contributed by atoms with van der Waals surface area (Å²) < 4.78 is 5.22. The fraction of sp³-hybridized carbons (Fsp3) is 0.500. The average molecular weight is 399 g/mol. The van der Waals surface area contributed by atoms with Crippen molar-refractivity contribution >= 4 is 11.9 Å². The molecule has 1 aromatic heterocycles. The van der Waals surface area contributed by atoms with E-state index in [2.05, 4.69) is 12.1 Å². The zero-order valence-electron chi connectivity index (χ0n) is 17.8. The molecule has 1 aliphatic rings. The summed E-state index contributed by atoms with van der Waals surface area (Å²) in [5.74, 6) is 1.38. The minimum absolute atomic E-state index is 0.0269. The maximum atomic E-state index is 12.0. The van der Waals surface area contributed by atoms with Gasteiger partial charge in [-0.2, -0.15) is 0 Å². The van der Waals surface area contributed by atoms with Gasteiger partial charge in [-0.15, -0.1) is 0 Å². The smallest absolute Gasteiger partial charge is 0.225 e. The van der Waals surface area contributed by atoms with Gasteiger partial charge >= 0.3 is 0 Å². The Kier molecular flexibility index (Phi) is 6.37. The van der Waals surface area contributed by atoms with Gasteiger partial charge in [0.05, 0.1) is 13.2 Å². The number of carbonyl (C=O) groups is 1. The molecule has 2 aromatic rings. The van der Waals surface area contributed by atoms with Crippen molar-refractivity contribution in [3.05, 3.63) is 46.8 Å². The number of methoxy groups -OCH3 is 1. The largest absolute Gasteiger partial charge is 0.497 e. The molecule has 3 rings (SSSR count). The van der Waals surface area contributed by atoms with Gasteiger partial charge in [-0.25, -0.2) is 9.97 Å². The van der Waals surface area contributed by atoms with Crippen LogP contribution in [0.3, 0.4) is 0 Å². The molecule has 2 atom stereocenters. The molecule has 1 fully saturated rings. The van der Waals surface area contributed by atoms with Crippen LogP contribution in [0, 0.1) is 19.8 Å². The summed E-state index contributed by atoms with van der Waals surface area (Å²) in [7, 11) is 5.13. The molecular weight excluding hydrogens is 368 g/mol. The lowest BCUT2D eigenvalue weighted by atomic mass is 10.0. The summed E-state index contributed by atoms with van der Waals surface area (Å²) >= 11 is 0. The van der Waals surface area contributed by atoms with E-state index >= 15 is 0 Å². The summed E-state index contributed by atoms with van der Waals surface area (Å²) in [4.78, 5) is 25.0. The zero-order valence-corrected chi connectivity index (χ0v) is 17.8. The van der Waals surface area contributed by atoms with Crippen molar-refractivity contribution in [3.8, 4) is 5.75 Å². The highest BCUT2D eigenvalue weighted by Gasteiger charge is 2.34. The van der Waals surface area contributed by atoms with Gasteiger partial charge in [0.25, 0.3) is 0 Å².